The Morgan fingerprint density at radius 2 is 1.90 bits per heavy atom. The maximum atomic E-state index is 12.2. The summed E-state index contributed by atoms with van der Waals surface area (Å²) in [5.41, 5.74) is -0.480. The summed E-state index contributed by atoms with van der Waals surface area (Å²) < 4.78 is 0. The average molecular weight is 295 g/mol. The Hall–Kier alpha value is -2.71. The number of nitrogens with one attached hydrogen (secondary N) is 1. The Labute approximate surface area is 118 Å². The molecule has 2 unspecified atom stereocenters. The van der Waals surface area contributed by atoms with Gasteiger partial charge in [0.25, 0.3) is 11.5 Å². The number of carboxylic acids is 2. The topological polar surface area (TPSA) is 141 Å². The van der Waals surface area contributed by atoms with Crippen LogP contribution in [0.15, 0.2) is 17.2 Å². The molecule has 3 N–H and O–H groups in total. The minimum Gasteiger partial charge on any atom is -0.481 e. The second-order valence-corrected chi connectivity index (χ2v) is 4.73. The molecule has 2 atom stereocenters. The molecule has 1 aliphatic rings. The number of rotatable bonds is 3. The molecule has 112 valence electrons. The molecule has 9 heteroatoms. The SMILES string of the molecule is O=C(O)C1CCN(C(=O)c2c[nH]c(=O)cn2)CC1C(=O)O. The molecule has 9 nitrogen and oxygen atoms in total. The van der Waals surface area contributed by atoms with Crippen LogP contribution in [0.3, 0.4) is 0 Å². The highest BCUT2D eigenvalue weighted by molar-refractivity contribution is 5.92. The van der Waals surface area contributed by atoms with Crippen LogP contribution in [0.4, 0.5) is 0 Å². The van der Waals surface area contributed by atoms with Crippen molar-refractivity contribution in [1.82, 2.24) is 14.9 Å². The van der Waals surface area contributed by atoms with Crippen LogP contribution in [0.1, 0.15) is 16.9 Å². The minimum atomic E-state index is -1.26. The molecule has 2 rings (SSSR count). The number of aliphatic carboxylic acids is 2. The standard InChI is InChI=1S/C12H13N3O6/c16-9-4-13-8(3-14-9)10(17)15-2-1-6(11(18)19)7(5-15)12(20)21/h3-4,6-7H,1-2,5H2,(H,14,16)(H,18,19)(H,20,21). The first-order valence-corrected chi connectivity index (χ1v) is 6.19. The Bertz CT molecular complexity index is 620. The molecule has 1 saturated heterocycles. The highest BCUT2D eigenvalue weighted by Gasteiger charge is 2.40. The van der Waals surface area contributed by atoms with Gasteiger partial charge < -0.3 is 20.1 Å². The molecule has 0 bridgehead atoms. The van der Waals surface area contributed by atoms with E-state index in [1.54, 1.807) is 0 Å². The normalized spacial score (nSPS) is 21.8. The van der Waals surface area contributed by atoms with E-state index in [0.29, 0.717) is 0 Å². The van der Waals surface area contributed by atoms with Gasteiger partial charge in [0.2, 0.25) is 0 Å². The number of nitrogens with zero attached hydrogens (tertiary/aromatic N) is 2. The first-order chi connectivity index (χ1) is 9.90. The van der Waals surface area contributed by atoms with E-state index in [1.807, 2.05) is 0 Å². The van der Waals surface area contributed by atoms with Crippen LogP contribution >= 0.6 is 0 Å². The van der Waals surface area contributed by atoms with Gasteiger partial charge in [0, 0.05) is 19.3 Å². The predicted molar refractivity (Wildman–Crippen MR) is 67.6 cm³/mol. The van der Waals surface area contributed by atoms with Gasteiger partial charge in [-0.1, -0.05) is 0 Å². The van der Waals surface area contributed by atoms with Crippen LogP contribution in [-0.2, 0) is 9.59 Å². The molecule has 0 spiro atoms. The van der Waals surface area contributed by atoms with Crippen LogP contribution in [0.2, 0.25) is 0 Å². The van der Waals surface area contributed by atoms with Gasteiger partial charge in [0.1, 0.15) is 5.69 Å². The smallest absolute Gasteiger partial charge is 0.309 e. The zero-order chi connectivity index (χ0) is 15.6. The van der Waals surface area contributed by atoms with E-state index in [2.05, 4.69) is 9.97 Å². The van der Waals surface area contributed by atoms with E-state index in [0.717, 1.165) is 12.4 Å². The van der Waals surface area contributed by atoms with E-state index in [1.165, 1.54) is 4.90 Å². The largest absolute Gasteiger partial charge is 0.481 e. The molecule has 21 heavy (non-hydrogen) atoms. The lowest BCUT2D eigenvalue weighted by atomic mass is 9.85. The highest BCUT2D eigenvalue weighted by Crippen LogP contribution is 2.25. The van der Waals surface area contributed by atoms with Gasteiger partial charge in [-0.3, -0.25) is 19.2 Å². The second kappa shape index (κ2) is 5.73. The molecule has 0 aromatic carbocycles. The number of hydrogen-bond acceptors (Lipinski definition) is 5. The van der Waals surface area contributed by atoms with Crippen LogP contribution < -0.4 is 5.56 Å². The van der Waals surface area contributed by atoms with E-state index in [9.17, 15) is 19.2 Å². The number of piperidine rings is 1. The molecule has 1 amide bonds. The molecule has 1 aliphatic heterocycles. The van der Waals surface area contributed by atoms with Gasteiger partial charge >= 0.3 is 11.9 Å². The number of H-pyrrole nitrogens is 1. The van der Waals surface area contributed by atoms with Crippen LogP contribution in [0, 0.1) is 11.8 Å². The molecule has 1 aromatic rings. The fraction of sp³-hybridized carbons (Fsp3) is 0.417. The quantitative estimate of drug-likeness (QED) is 0.650. The average Bonchev–Trinajstić information content (AvgIpc) is 2.46. The number of carboxylic acid groups (broad SMARTS) is 2. The molecular weight excluding hydrogens is 282 g/mol. The Balaban J connectivity index is 2.17. The lowest BCUT2D eigenvalue weighted by molar-refractivity contribution is -0.156. The van der Waals surface area contributed by atoms with Gasteiger partial charge in [0.05, 0.1) is 18.0 Å². The van der Waals surface area contributed by atoms with Gasteiger partial charge in [-0.2, -0.15) is 0 Å². The first-order valence-electron chi connectivity index (χ1n) is 6.19. The zero-order valence-electron chi connectivity index (χ0n) is 10.9. The number of aromatic amines is 1. The van der Waals surface area contributed by atoms with E-state index >= 15 is 0 Å². The van der Waals surface area contributed by atoms with Crippen LogP contribution in [0.25, 0.3) is 0 Å². The lowest BCUT2D eigenvalue weighted by Gasteiger charge is -2.34. The number of amides is 1. The third kappa shape index (κ3) is 3.07. The molecule has 1 aromatic heterocycles. The van der Waals surface area contributed by atoms with Crippen molar-refractivity contribution in [2.75, 3.05) is 13.1 Å². The van der Waals surface area contributed by atoms with Gasteiger partial charge in [0.15, 0.2) is 0 Å². The molecule has 0 aliphatic carbocycles. The van der Waals surface area contributed by atoms with Crippen molar-refractivity contribution in [3.8, 4) is 0 Å². The molecule has 2 heterocycles. The summed E-state index contributed by atoms with van der Waals surface area (Å²) in [4.78, 5) is 52.5. The lowest BCUT2D eigenvalue weighted by Crippen LogP contribution is -2.48. The van der Waals surface area contributed by atoms with E-state index < -0.39 is 35.2 Å². The Morgan fingerprint density at radius 3 is 2.43 bits per heavy atom. The molecular formula is C12H13N3O6. The highest BCUT2D eigenvalue weighted by atomic mass is 16.4. The second-order valence-electron chi connectivity index (χ2n) is 4.73. The first kappa shape index (κ1) is 14.7. The van der Waals surface area contributed by atoms with Gasteiger partial charge in [-0.15, -0.1) is 0 Å². The predicted octanol–water partition coefficient (Wildman–Crippen LogP) is -0.983. The summed E-state index contributed by atoms with van der Waals surface area (Å²) in [5, 5.41) is 18.1. The summed E-state index contributed by atoms with van der Waals surface area (Å²) in [6.07, 6.45) is 2.15. The Morgan fingerprint density at radius 1 is 1.24 bits per heavy atom. The zero-order valence-corrected chi connectivity index (χ0v) is 10.9. The van der Waals surface area contributed by atoms with Gasteiger partial charge in [-0.25, -0.2) is 4.98 Å². The number of carbonyl (C=O) groups excluding carboxylic acids is 1. The molecule has 0 radical (unpaired) electrons. The maximum Gasteiger partial charge on any atom is 0.309 e. The number of hydrogen-bond donors (Lipinski definition) is 3. The summed E-state index contributed by atoms with van der Waals surface area (Å²) in [6, 6.07) is 0. The van der Waals surface area contributed by atoms with Crippen molar-refractivity contribution in [3.05, 3.63) is 28.4 Å². The summed E-state index contributed by atoms with van der Waals surface area (Å²) >= 11 is 0. The van der Waals surface area contributed by atoms with Crippen molar-refractivity contribution in [1.29, 1.82) is 0 Å². The van der Waals surface area contributed by atoms with Crippen molar-refractivity contribution in [2.24, 2.45) is 11.8 Å². The Kier molecular flexibility index (Phi) is 4.01. The fourth-order valence-electron chi connectivity index (χ4n) is 2.30. The van der Waals surface area contributed by atoms with Crippen LogP contribution in [-0.4, -0.2) is 56.0 Å². The van der Waals surface area contributed by atoms with Crippen molar-refractivity contribution < 1.29 is 24.6 Å². The van der Waals surface area contributed by atoms with E-state index in [-0.39, 0.29) is 25.2 Å². The molecule has 0 saturated carbocycles. The molecule has 1 fully saturated rings. The third-order valence-electron chi connectivity index (χ3n) is 3.43. The van der Waals surface area contributed by atoms with Crippen molar-refractivity contribution in [2.45, 2.75) is 6.42 Å². The maximum absolute atomic E-state index is 12.2. The van der Waals surface area contributed by atoms with Crippen molar-refractivity contribution in [3.63, 3.8) is 0 Å². The monoisotopic (exact) mass is 295 g/mol. The summed E-state index contributed by atoms with van der Waals surface area (Å²) in [7, 11) is 0. The summed E-state index contributed by atoms with van der Waals surface area (Å²) in [6.45, 7) is -0.0771. The van der Waals surface area contributed by atoms with Crippen molar-refractivity contribution >= 4 is 17.8 Å². The fourth-order valence-corrected chi connectivity index (χ4v) is 2.30. The van der Waals surface area contributed by atoms with E-state index in [4.69, 9.17) is 10.2 Å². The third-order valence-corrected chi connectivity index (χ3v) is 3.43. The number of aromatic nitrogens is 2. The number of carbonyl (C=O) groups is 3. The summed E-state index contributed by atoms with van der Waals surface area (Å²) in [5.74, 6) is -5.16. The van der Waals surface area contributed by atoms with Gasteiger partial charge in [-0.05, 0) is 6.42 Å². The number of likely N-dealkylation sites (tertiary alicyclic amines) is 1. The minimum absolute atomic E-state index is 0.0208. The van der Waals surface area contributed by atoms with Crippen LogP contribution in [0.5, 0.6) is 0 Å².